The molecule has 1 N–H and O–H groups in total. The molecule has 0 heterocycles. The summed E-state index contributed by atoms with van der Waals surface area (Å²) in [6.07, 6.45) is 0.802. The molecule has 5 nitrogen and oxygen atoms in total. The number of halogens is 2. The molecule has 0 bridgehead atoms. The van der Waals surface area contributed by atoms with Gasteiger partial charge < -0.3 is 15.0 Å². The van der Waals surface area contributed by atoms with Crippen molar-refractivity contribution in [3.8, 4) is 5.75 Å². The van der Waals surface area contributed by atoms with Crippen LogP contribution in [0.15, 0.2) is 48.5 Å². The maximum atomic E-state index is 13.0. The minimum atomic E-state index is -0.676. The molecule has 0 aliphatic heterocycles. The van der Waals surface area contributed by atoms with E-state index in [-0.39, 0.29) is 31.0 Å². The first kappa shape index (κ1) is 23.0. The third kappa shape index (κ3) is 6.94. The van der Waals surface area contributed by atoms with Gasteiger partial charge in [-0.05, 0) is 50.1 Å². The largest absolute Gasteiger partial charge is 0.482 e. The number of amides is 2. The Morgan fingerprint density at radius 1 is 1.10 bits per heavy atom. The molecule has 0 aliphatic rings. The van der Waals surface area contributed by atoms with E-state index >= 15 is 0 Å². The van der Waals surface area contributed by atoms with Crippen LogP contribution in [-0.2, 0) is 16.1 Å². The summed E-state index contributed by atoms with van der Waals surface area (Å²) in [5.74, 6) is -0.119. The van der Waals surface area contributed by atoms with Gasteiger partial charge in [-0.2, -0.15) is 0 Å². The number of carbonyl (C=O) groups excluding carboxylic acids is 2. The molecule has 2 aromatic carbocycles. The van der Waals surface area contributed by atoms with Gasteiger partial charge in [-0.15, -0.1) is 0 Å². The van der Waals surface area contributed by atoms with Crippen LogP contribution in [0.25, 0.3) is 0 Å². The van der Waals surface area contributed by atoms with Gasteiger partial charge >= 0.3 is 0 Å². The lowest BCUT2D eigenvalue weighted by molar-refractivity contribution is -0.142. The van der Waals surface area contributed by atoms with Crippen LogP contribution >= 0.6 is 23.2 Å². The van der Waals surface area contributed by atoms with Crippen LogP contribution in [0.3, 0.4) is 0 Å². The van der Waals surface area contributed by atoms with E-state index in [0.29, 0.717) is 15.8 Å². The molecule has 0 unspecified atom stereocenters. The number of carbonyl (C=O) groups is 2. The Hall–Kier alpha value is -2.24. The van der Waals surface area contributed by atoms with E-state index < -0.39 is 6.04 Å². The maximum absolute atomic E-state index is 13.0. The van der Waals surface area contributed by atoms with E-state index in [1.807, 2.05) is 26.0 Å². The van der Waals surface area contributed by atoms with Crippen LogP contribution in [0.5, 0.6) is 5.75 Å². The number of benzene rings is 2. The number of ether oxygens (including phenoxy) is 1. The molecule has 0 radical (unpaired) electrons. The smallest absolute Gasteiger partial charge is 0.261 e. The van der Waals surface area contributed by atoms with Crippen LogP contribution in [0.4, 0.5) is 0 Å². The van der Waals surface area contributed by atoms with Crippen LogP contribution in [0.1, 0.15) is 32.8 Å². The zero-order chi connectivity index (χ0) is 21.4. The van der Waals surface area contributed by atoms with Crippen molar-refractivity contribution in [2.45, 2.75) is 45.8 Å². The normalized spacial score (nSPS) is 12.7. The molecule has 2 rings (SSSR count). The molecule has 156 valence electrons. The molecule has 0 fully saturated rings. The predicted octanol–water partition coefficient (Wildman–Crippen LogP) is 4.70. The van der Waals surface area contributed by atoms with E-state index in [9.17, 15) is 9.59 Å². The highest BCUT2D eigenvalue weighted by Crippen LogP contribution is 2.23. The Morgan fingerprint density at radius 3 is 2.48 bits per heavy atom. The summed E-state index contributed by atoms with van der Waals surface area (Å²) in [6, 6.07) is 13.5. The molecule has 0 saturated carbocycles. The molecule has 0 aromatic heterocycles. The monoisotopic (exact) mass is 436 g/mol. The minimum Gasteiger partial charge on any atom is -0.482 e. The topological polar surface area (TPSA) is 58.6 Å². The van der Waals surface area contributed by atoms with E-state index in [2.05, 4.69) is 5.32 Å². The second-order valence-electron chi connectivity index (χ2n) is 6.86. The Morgan fingerprint density at radius 2 is 1.83 bits per heavy atom. The summed E-state index contributed by atoms with van der Waals surface area (Å²) in [7, 11) is 0. The Labute approximate surface area is 181 Å². The Kier molecular flexibility index (Phi) is 8.80. The molecule has 0 aliphatic carbocycles. The van der Waals surface area contributed by atoms with E-state index in [1.165, 1.54) is 4.90 Å². The van der Waals surface area contributed by atoms with Gasteiger partial charge in [0.1, 0.15) is 11.8 Å². The lowest BCUT2D eigenvalue weighted by atomic mass is 10.1. The van der Waals surface area contributed by atoms with Crippen molar-refractivity contribution in [3.63, 3.8) is 0 Å². The molecular weight excluding hydrogens is 411 g/mol. The fraction of sp³-hybridized carbons (Fsp3) is 0.364. The number of nitrogens with zero attached hydrogens (tertiary/aromatic N) is 1. The summed E-state index contributed by atoms with van der Waals surface area (Å²) in [6.45, 7) is 5.62. The van der Waals surface area contributed by atoms with Gasteiger partial charge in [-0.25, -0.2) is 0 Å². The second kappa shape index (κ2) is 11.1. The summed E-state index contributed by atoms with van der Waals surface area (Å²) < 4.78 is 5.59. The Bertz CT molecular complexity index is 844. The van der Waals surface area contributed by atoms with Crippen LogP contribution in [0.2, 0.25) is 10.0 Å². The van der Waals surface area contributed by atoms with Crippen molar-refractivity contribution in [1.82, 2.24) is 10.2 Å². The molecular formula is C22H26Cl2N2O3. The minimum absolute atomic E-state index is 0.0208. The van der Waals surface area contributed by atoms with Gasteiger partial charge in [0, 0.05) is 17.6 Å². The standard InChI is InChI=1S/C22H26Cl2N2O3/c1-4-15(2)25-22(28)16(3)26(13-17-8-7-9-18(23)12-17)21(27)14-29-20-11-6-5-10-19(20)24/h5-12,15-16H,4,13-14H2,1-3H3,(H,25,28)/t15-,16-/m0/s1. The molecule has 2 atom stereocenters. The molecule has 2 aromatic rings. The first-order valence-electron chi connectivity index (χ1n) is 9.53. The molecule has 0 spiro atoms. The quantitative estimate of drug-likeness (QED) is 0.619. The fourth-order valence-corrected chi connectivity index (χ4v) is 3.07. The Balaban J connectivity index is 2.17. The maximum Gasteiger partial charge on any atom is 0.261 e. The highest BCUT2D eigenvalue weighted by atomic mass is 35.5. The number of hydrogen-bond acceptors (Lipinski definition) is 3. The zero-order valence-electron chi connectivity index (χ0n) is 16.8. The van der Waals surface area contributed by atoms with E-state index in [1.54, 1.807) is 43.3 Å². The van der Waals surface area contributed by atoms with Gasteiger partial charge in [0.05, 0.1) is 5.02 Å². The summed E-state index contributed by atoms with van der Waals surface area (Å²) in [4.78, 5) is 27.1. The van der Waals surface area contributed by atoms with Crippen molar-refractivity contribution in [2.75, 3.05) is 6.61 Å². The predicted molar refractivity (Wildman–Crippen MR) is 116 cm³/mol. The van der Waals surface area contributed by atoms with Gasteiger partial charge in [0.2, 0.25) is 5.91 Å². The third-order valence-corrected chi connectivity index (χ3v) is 5.15. The second-order valence-corrected chi connectivity index (χ2v) is 7.71. The van der Waals surface area contributed by atoms with E-state index in [4.69, 9.17) is 27.9 Å². The van der Waals surface area contributed by atoms with Crippen molar-refractivity contribution in [1.29, 1.82) is 0 Å². The lowest BCUT2D eigenvalue weighted by Crippen LogP contribution is -2.50. The third-order valence-electron chi connectivity index (χ3n) is 4.60. The number of hydrogen-bond donors (Lipinski definition) is 1. The SMILES string of the molecule is CC[C@H](C)NC(=O)[C@H](C)N(Cc1cccc(Cl)c1)C(=O)COc1ccccc1Cl. The zero-order valence-corrected chi connectivity index (χ0v) is 18.3. The summed E-state index contributed by atoms with van der Waals surface area (Å²) in [5.41, 5.74) is 0.826. The number of rotatable bonds is 9. The highest BCUT2D eigenvalue weighted by Gasteiger charge is 2.27. The molecule has 29 heavy (non-hydrogen) atoms. The van der Waals surface area contributed by atoms with Crippen LogP contribution in [0, 0.1) is 0 Å². The molecule has 0 saturated heterocycles. The van der Waals surface area contributed by atoms with Crippen LogP contribution in [-0.4, -0.2) is 35.4 Å². The van der Waals surface area contributed by atoms with Crippen molar-refractivity contribution < 1.29 is 14.3 Å². The van der Waals surface area contributed by atoms with Crippen molar-refractivity contribution in [3.05, 3.63) is 64.1 Å². The van der Waals surface area contributed by atoms with Gasteiger partial charge in [0.25, 0.3) is 5.91 Å². The number of para-hydroxylation sites is 1. The average Bonchev–Trinajstić information content (AvgIpc) is 2.70. The van der Waals surface area contributed by atoms with Gasteiger partial charge in [-0.3, -0.25) is 9.59 Å². The van der Waals surface area contributed by atoms with Crippen LogP contribution < -0.4 is 10.1 Å². The van der Waals surface area contributed by atoms with E-state index in [0.717, 1.165) is 12.0 Å². The van der Waals surface area contributed by atoms with Gasteiger partial charge in [-0.1, -0.05) is 54.4 Å². The van der Waals surface area contributed by atoms with Crippen molar-refractivity contribution >= 4 is 35.0 Å². The molecule has 2 amide bonds. The average molecular weight is 437 g/mol. The lowest BCUT2D eigenvalue weighted by Gasteiger charge is -2.29. The fourth-order valence-electron chi connectivity index (χ4n) is 2.66. The summed E-state index contributed by atoms with van der Waals surface area (Å²) >= 11 is 12.2. The van der Waals surface area contributed by atoms with Gasteiger partial charge in [0.15, 0.2) is 6.61 Å². The molecule has 7 heteroatoms. The number of nitrogens with one attached hydrogen (secondary N) is 1. The first-order chi connectivity index (χ1) is 13.8. The highest BCUT2D eigenvalue weighted by molar-refractivity contribution is 6.32. The summed E-state index contributed by atoms with van der Waals surface area (Å²) in [5, 5.41) is 3.91. The first-order valence-corrected chi connectivity index (χ1v) is 10.3. The van der Waals surface area contributed by atoms with Crippen molar-refractivity contribution in [2.24, 2.45) is 0 Å².